The molecular formula is C17H25FN6O. The molecule has 8 heteroatoms. The number of ether oxygens (including phenoxy) is 1. The van der Waals surface area contributed by atoms with Gasteiger partial charge < -0.3 is 9.64 Å². The molecule has 4 rings (SSSR count). The molecule has 0 atom stereocenters. The quantitative estimate of drug-likeness (QED) is 0.836. The Labute approximate surface area is 146 Å². The minimum Gasteiger partial charge on any atom is -0.381 e. The van der Waals surface area contributed by atoms with Crippen LogP contribution in [-0.4, -0.2) is 77.0 Å². The average molecular weight is 348 g/mol. The zero-order valence-corrected chi connectivity index (χ0v) is 14.7. The molecule has 4 heterocycles. The third-order valence-electron chi connectivity index (χ3n) is 5.15. The summed E-state index contributed by atoms with van der Waals surface area (Å²) < 4.78 is 20.4. The summed E-state index contributed by atoms with van der Waals surface area (Å²) in [6.45, 7) is 7.16. The highest BCUT2D eigenvalue weighted by atomic mass is 19.1. The van der Waals surface area contributed by atoms with Crippen molar-refractivity contribution in [2.45, 2.75) is 25.8 Å². The summed E-state index contributed by atoms with van der Waals surface area (Å²) in [4.78, 5) is 18.3. The van der Waals surface area contributed by atoms with E-state index in [2.05, 4.69) is 24.3 Å². The lowest BCUT2D eigenvalue weighted by atomic mass is 10.1. The minimum atomic E-state index is -0.282. The van der Waals surface area contributed by atoms with Crippen molar-refractivity contribution in [2.24, 2.45) is 0 Å². The molecule has 0 amide bonds. The monoisotopic (exact) mass is 348 g/mol. The molecule has 2 aliphatic rings. The second-order valence-corrected chi connectivity index (χ2v) is 6.77. The Morgan fingerprint density at radius 3 is 2.64 bits per heavy atom. The molecule has 0 aromatic carbocycles. The summed E-state index contributed by atoms with van der Waals surface area (Å²) >= 11 is 0. The fourth-order valence-corrected chi connectivity index (χ4v) is 3.76. The molecule has 2 aliphatic heterocycles. The number of piperazine rings is 1. The normalized spacial score (nSPS) is 20.5. The third-order valence-corrected chi connectivity index (χ3v) is 5.15. The largest absolute Gasteiger partial charge is 0.381 e. The van der Waals surface area contributed by atoms with Crippen LogP contribution in [0.25, 0.3) is 11.2 Å². The second kappa shape index (κ2) is 7.21. The van der Waals surface area contributed by atoms with E-state index in [1.54, 1.807) is 0 Å². The summed E-state index contributed by atoms with van der Waals surface area (Å²) in [5.74, 6) is 1.74. The van der Waals surface area contributed by atoms with Gasteiger partial charge in [0.05, 0.1) is 6.20 Å². The highest BCUT2D eigenvalue weighted by molar-refractivity contribution is 5.74. The molecule has 0 bridgehead atoms. The number of aromatic nitrogens is 4. The van der Waals surface area contributed by atoms with Crippen LogP contribution in [0.5, 0.6) is 0 Å². The molecular weight excluding hydrogens is 323 g/mol. The van der Waals surface area contributed by atoms with Gasteiger partial charge in [0, 0.05) is 52.0 Å². The number of rotatable bonds is 4. The van der Waals surface area contributed by atoms with Crippen LogP contribution in [-0.2, 0) is 4.74 Å². The molecule has 7 nitrogen and oxygen atoms in total. The zero-order chi connectivity index (χ0) is 17.2. The number of alkyl halides is 1. The van der Waals surface area contributed by atoms with Gasteiger partial charge >= 0.3 is 0 Å². The first kappa shape index (κ1) is 16.7. The van der Waals surface area contributed by atoms with Crippen molar-refractivity contribution in [1.29, 1.82) is 0 Å². The van der Waals surface area contributed by atoms with Gasteiger partial charge in [0.15, 0.2) is 5.65 Å². The topological polar surface area (TPSA) is 59.3 Å². The Morgan fingerprint density at radius 1 is 1.16 bits per heavy atom. The molecule has 2 saturated heterocycles. The van der Waals surface area contributed by atoms with Gasteiger partial charge in [-0.05, 0) is 19.8 Å². The van der Waals surface area contributed by atoms with E-state index in [0.29, 0.717) is 12.6 Å². The van der Waals surface area contributed by atoms with Gasteiger partial charge in [-0.1, -0.05) is 0 Å². The highest BCUT2D eigenvalue weighted by Gasteiger charge is 2.27. The molecule has 2 fully saturated rings. The van der Waals surface area contributed by atoms with Crippen molar-refractivity contribution in [3.63, 3.8) is 0 Å². The lowest BCUT2D eigenvalue weighted by Crippen LogP contribution is -2.48. The van der Waals surface area contributed by atoms with Crippen LogP contribution < -0.4 is 4.90 Å². The van der Waals surface area contributed by atoms with Crippen molar-refractivity contribution in [3.8, 4) is 0 Å². The summed E-state index contributed by atoms with van der Waals surface area (Å²) in [7, 11) is 0. The maximum absolute atomic E-state index is 12.6. The van der Waals surface area contributed by atoms with Crippen molar-refractivity contribution in [3.05, 3.63) is 12.0 Å². The number of halogens is 1. The van der Waals surface area contributed by atoms with Crippen LogP contribution in [0.3, 0.4) is 0 Å². The fraction of sp³-hybridized carbons (Fsp3) is 0.706. The Balaban J connectivity index is 1.68. The number of anilines is 1. The number of nitrogens with zero attached hydrogens (tertiary/aromatic N) is 6. The number of fused-ring (bicyclic) bond motifs is 1. The molecule has 0 unspecified atom stereocenters. The van der Waals surface area contributed by atoms with Crippen molar-refractivity contribution in [2.75, 3.05) is 57.5 Å². The third kappa shape index (κ3) is 3.32. The Bertz CT molecular complexity index is 721. The Hall–Kier alpha value is -1.80. The van der Waals surface area contributed by atoms with E-state index in [9.17, 15) is 4.39 Å². The van der Waals surface area contributed by atoms with Crippen LogP contribution in [0.1, 0.15) is 24.7 Å². The first-order chi connectivity index (χ1) is 12.3. The van der Waals surface area contributed by atoms with Crippen molar-refractivity contribution < 1.29 is 9.13 Å². The van der Waals surface area contributed by atoms with Crippen LogP contribution in [0.15, 0.2) is 6.20 Å². The Morgan fingerprint density at radius 2 is 1.92 bits per heavy atom. The fourth-order valence-electron chi connectivity index (χ4n) is 3.76. The standard InChI is InChI=1S/C17H25FN6O/c1-13-19-12-15-16(20-13)24(14-2-10-25-11-3-14)17(21-15)23-8-6-22(5-4-18)7-9-23/h12,14H,2-11H2,1H3. The molecule has 2 aromatic rings. The lowest BCUT2D eigenvalue weighted by molar-refractivity contribution is 0.0706. The maximum Gasteiger partial charge on any atom is 0.208 e. The van der Waals surface area contributed by atoms with E-state index >= 15 is 0 Å². The highest BCUT2D eigenvalue weighted by Crippen LogP contribution is 2.31. The molecule has 136 valence electrons. The van der Waals surface area contributed by atoms with E-state index in [0.717, 1.165) is 75.2 Å². The SMILES string of the molecule is Cc1ncc2nc(N3CCN(CCF)CC3)n(C3CCOCC3)c2n1. The van der Waals surface area contributed by atoms with E-state index in [1.165, 1.54) is 0 Å². The van der Waals surface area contributed by atoms with Gasteiger partial charge in [0.25, 0.3) is 0 Å². The maximum atomic E-state index is 12.6. The molecule has 0 radical (unpaired) electrons. The number of hydrogen-bond donors (Lipinski definition) is 0. The van der Waals surface area contributed by atoms with E-state index in [1.807, 2.05) is 13.1 Å². The smallest absolute Gasteiger partial charge is 0.208 e. The zero-order valence-electron chi connectivity index (χ0n) is 14.7. The number of aryl methyl sites for hydroxylation is 1. The van der Waals surface area contributed by atoms with Gasteiger partial charge in [-0.3, -0.25) is 9.47 Å². The first-order valence-corrected chi connectivity index (χ1v) is 9.09. The molecule has 25 heavy (non-hydrogen) atoms. The summed E-state index contributed by atoms with van der Waals surface area (Å²) in [6.07, 6.45) is 3.77. The first-order valence-electron chi connectivity index (χ1n) is 9.09. The van der Waals surface area contributed by atoms with Crippen LogP contribution in [0.4, 0.5) is 10.3 Å². The van der Waals surface area contributed by atoms with E-state index in [-0.39, 0.29) is 6.67 Å². The second-order valence-electron chi connectivity index (χ2n) is 6.77. The van der Waals surface area contributed by atoms with Gasteiger partial charge in [-0.2, -0.15) is 0 Å². The molecule has 0 spiro atoms. The van der Waals surface area contributed by atoms with Crippen LogP contribution in [0.2, 0.25) is 0 Å². The molecule has 0 saturated carbocycles. The van der Waals surface area contributed by atoms with Crippen molar-refractivity contribution in [1.82, 2.24) is 24.4 Å². The number of hydrogen-bond acceptors (Lipinski definition) is 6. The Kier molecular flexibility index (Phi) is 4.80. The molecule has 0 N–H and O–H groups in total. The molecule has 2 aromatic heterocycles. The predicted molar refractivity (Wildman–Crippen MR) is 93.8 cm³/mol. The minimum absolute atomic E-state index is 0.282. The van der Waals surface area contributed by atoms with Gasteiger partial charge in [0.2, 0.25) is 5.95 Å². The summed E-state index contributed by atoms with van der Waals surface area (Å²) in [5, 5.41) is 0. The van der Waals surface area contributed by atoms with Gasteiger partial charge in [0.1, 0.15) is 18.0 Å². The van der Waals surface area contributed by atoms with Gasteiger partial charge in [-0.25, -0.2) is 19.3 Å². The van der Waals surface area contributed by atoms with E-state index < -0.39 is 0 Å². The summed E-state index contributed by atoms with van der Waals surface area (Å²) in [5.41, 5.74) is 1.76. The number of imidazole rings is 1. The van der Waals surface area contributed by atoms with Gasteiger partial charge in [-0.15, -0.1) is 0 Å². The molecule has 0 aliphatic carbocycles. The van der Waals surface area contributed by atoms with E-state index in [4.69, 9.17) is 9.72 Å². The van der Waals surface area contributed by atoms with Crippen LogP contribution >= 0.6 is 0 Å². The summed E-state index contributed by atoms with van der Waals surface area (Å²) in [6, 6.07) is 0.354. The predicted octanol–water partition coefficient (Wildman–Crippen LogP) is 1.58. The lowest BCUT2D eigenvalue weighted by Gasteiger charge is -2.36. The van der Waals surface area contributed by atoms with Crippen molar-refractivity contribution >= 4 is 17.1 Å². The van der Waals surface area contributed by atoms with Crippen LogP contribution in [0, 0.1) is 6.92 Å². The average Bonchev–Trinajstić information content (AvgIpc) is 3.02.